The van der Waals surface area contributed by atoms with Gasteiger partial charge in [0.15, 0.2) is 0 Å². The van der Waals surface area contributed by atoms with Crippen LogP contribution in [-0.4, -0.2) is 3.81 Å². The molecular formula is C3H2INS. The summed E-state index contributed by atoms with van der Waals surface area (Å²) < 4.78 is 2.90. The van der Waals surface area contributed by atoms with Crippen LogP contribution in [0.5, 0.6) is 0 Å². The third-order valence-electron chi connectivity index (χ3n) is 0.315. The number of halogens is 1. The van der Waals surface area contributed by atoms with Gasteiger partial charge in [-0.1, -0.05) is 8.93 Å². The molecule has 1 heterocycles. The molecule has 1 nitrogen and oxygen atoms in total. The van der Waals surface area contributed by atoms with E-state index in [2.05, 4.69) is 8.80 Å². The van der Waals surface area contributed by atoms with Crippen LogP contribution in [0.25, 0.3) is 0 Å². The van der Waals surface area contributed by atoms with E-state index in [1.54, 1.807) is 6.20 Å². The van der Waals surface area contributed by atoms with Gasteiger partial charge >= 0.3 is 0 Å². The van der Waals surface area contributed by atoms with E-state index in [4.69, 9.17) is 0 Å². The minimum Gasteiger partial charge on any atom is -0.207 e. The van der Waals surface area contributed by atoms with E-state index in [0.717, 1.165) is 0 Å². The predicted molar refractivity (Wildman–Crippen MR) is 38.2 cm³/mol. The van der Waals surface area contributed by atoms with Crippen LogP contribution in [-0.2, 0) is 0 Å². The molecule has 0 saturated heterocycles. The Bertz CT molecular complexity index is 123. The van der Waals surface area contributed by atoms with Crippen molar-refractivity contribution in [2.75, 3.05) is 0 Å². The van der Waals surface area contributed by atoms with Gasteiger partial charge in [0.25, 0.3) is 0 Å². The Morgan fingerprint density at radius 3 is 3.00 bits per heavy atom. The molecule has 0 bridgehead atoms. The third-order valence-corrected chi connectivity index (χ3v) is 3.21. The van der Waals surface area contributed by atoms with E-state index in [9.17, 15) is 0 Å². The first-order valence-corrected chi connectivity index (χ1v) is 5.90. The number of hydrogen-bond donors (Lipinski definition) is 0. The highest BCUT2D eigenvalue weighted by Crippen LogP contribution is 2.21. The number of hydrogen-bond acceptors (Lipinski definition) is 2. The topological polar surface area (TPSA) is 12.4 Å². The summed E-state index contributed by atoms with van der Waals surface area (Å²) in [5, 5.41) is 2.00. The Labute approximate surface area is 48.7 Å². The Morgan fingerprint density at radius 2 is 2.83 bits per heavy atom. The zero-order valence-corrected chi connectivity index (χ0v) is 5.86. The summed E-state index contributed by atoms with van der Waals surface area (Å²) >= 11 is 0.128. The summed E-state index contributed by atoms with van der Waals surface area (Å²) in [5.41, 5.74) is 0. The van der Waals surface area contributed by atoms with Crippen LogP contribution in [0, 0.1) is 0 Å². The monoisotopic (exact) mass is 211 g/mol. The summed E-state index contributed by atoms with van der Waals surface area (Å²) in [4.78, 5) is 3.77. The van der Waals surface area contributed by atoms with Gasteiger partial charge in [0.1, 0.15) is 0 Å². The van der Waals surface area contributed by atoms with Crippen molar-refractivity contribution in [2.24, 2.45) is 4.99 Å². The Balaban J connectivity index is 2.78. The average Bonchev–Trinajstić information content (AvgIpc) is 1.72. The Kier molecular flexibility index (Phi) is 1.94. The van der Waals surface area contributed by atoms with E-state index >= 15 is 0 Å². The SMILES string of the molecule is C1=NC=CSI=1. The van der Waals surface area contributed by atoms with E-state index in [1.807, 2.05) is 14.3 Å². The van der Waals surface area contributed by atoms with Crippen molar-refractivity contribution in [3.05, 3.63) is 11.6 Å². The molecule has 0 N–H and O–H groups in total. The van der Waals surface area contributed by atoms with Crippen LogP contribution in [0.3, 0.4) is 0 Å². The highest BCUT2D eigenvalue weighted by molar-refractivity contribution is 14.2. The average molecular weight is 211 g/mol. The minimum absolute atomic E-state index is 0.128. The molecular weight excluding hydrogens is 209 g/mol. The van der Waals surface area contributed by atoms with Gasteiger partial charge in [0.2, 0.25) is 0 Å². The Hall–Kier alpha value is 0.400. The lowest BCUT2D eigenvalue weighted by atomic mass is 11.1. The molecule has 0 atom stereocenters. The molecule has 0 unspecified atom stereocenters. The fraction of sp³-hybridized carbons (Fsp3) is 0. The van der Waals surface area contributed by atoms with Crippen molar-refractivity contribution in [3.63, 3.8) is 0 Å². The van der Waals surface area contributed by atoms with E-state index in [1.165, 1.54) is 0 Å². The molecule has 32 valence electrons. The van der Waals surface area contributed by atoms with Crippen molar-refractivity contribution in [1.82, 2.24) is 0 Å². The third kappa shape index (κ3) is 1.24. The lowest BCUT2D eigenvalue weighted by Crippen LogP contribution is -1.46. The quantitative estimate of drug-likeness (QED) is 0.558. The van der Waals surface area contributed by atoms with Crippen molar-refractivity contribution in [2.45, 2.75) is 0 Å². The standard InChI is InChI=1S/C3H2INS/c1-2-6-4-3-5-1/h1-2H. The highest BCUT2D eigenvalue weighted by atomic mass is 127. The zero-order chi connectivity index (χ0) is 4.24. The second-order valence-corrected chi connectivity index (χ2v) is 4.60. The largest absolute Gasteiger partial charge is 0.207 e. The van der Waals surface area contributed by atoms with Crippen molar-refractivity contribution >= 4 is 32.1 Å². The lowest BCUT2D eigenvalue weighted by Gasteiger charge is -1.76. The minimum atomic E-state index is 0.128. The fourth-order valence-electron chi connectivity index (χ4n) is 0.147. The molecule has 0 aromatic rings. The molecule has 0 aromatic heterocycles. The van der Waals surface area contributed by atoms with Gasteiger partial charge < -0.3 is 0 Å². The van der Waals surface area contributed by atoms with E-state index in [-0.39, 0.29) is 19.3 Å². The second kappa shape index (κ2) is 2.55. The number of rotatable bonds is 0. The molecule has 6 heavy (non-hydrogen) atoms. The summed E-state index contributed by atoms with van der Waals surface area (Å²) in [6.45, 7) is 0. The summed E-state index contributed by atoms with van der Waals surface area (Å²) in [5.74, 6) is 0. The first-order chi connectivity index (χ1) is 3.00. The van der Waals surface area contributed by atoms with Crippen molar-refractivity contribution < 1.29 is 0 Å². The van der Waals surface area contributed by atoms with Crippen LogP contribution in [0.15, 0.2) is 16.6 Å². The first-order valence-electron chi connectivity index (χ1n) is 1.39. The van der Waals surface area contributed by atoms with Crippen molar-refractivity contribution in [1.29, 1.82) is 0 Å². The molecule has 0 radical (unpaired) electrons. The summed E-state index contributed by atoms with van der Waals surface area (Å²) in [7, 11) is 1.82. The molecule has 0 amide bonds. The number of nitrogens with zero attached hydrogens (tertiary/aromatic N) is 1. The Morgan fingerprint density at radius 1 is 1.83 bits per heavy atom. The van der Waals surface area contributed by atoms with Crippen LogP contribution < -0.4 is 0 Å². The number of aliphatic imine (C=N–C) groups is 1. The summed E-state index contributed by atoms with van der Waals surface area (Å²) in [6.07, 6.45) is 1.77. The zero-order valence-electron chi connectivity index (χ0n) is 2.89. The van der Waals surface area contributed by atoms with Gasteiger partial charge in [-0.2, -0.15) is 0 Å². The van der Waals surface area contributed by atoms with Gasteiger partial charge in [-0.3, -0.25) is 0 Å². The van der Waals surface area contributed by atoms with Gasteiger partial charge in [-0.15, -0.1) is 0 Å². The lowest BCUT2D eigenvalue weighted by molar-refractivity contribution is 1.64. The maximum Gasteiger partial charge on any atom is 0.0444 e. The fourth-order valence-corrected chi connectivity index (χ4v) is 2.06. The van der Waals surface area contributed by atoms with E-state index < -0.39 is 0 Å². The maximum atomic E-state index is 3.77. The maximum absolute atomic E-state index is 3.77. The molecule has 0 spiro atoms. The molecule has 0 fully saturated rings. The molecule has 0 aliphatic carbocycles. The highest BCUT2D eigenvalue weighted by Gasteiger charge is 1.71. The molecule has 1 rings (SSSR count). The molecule has 0 aromatic carbocycles. The van der Waals surface area contributed by atoms with Gasteiger partial charge in [0, 0.05) is 34.8 Å². The van der Waals surface area contributed by atoms with E-state index in [0.29, 0.717) is 0 Å². The molecule has 1 aliphatic heterocycles. The van der Waals surface area contributed by atoms with Gasteiger partial charge in [-0.05, 0) is 0 Å². The molecule has 0 saturated carbocycles. The molecule has 1 aliphatic rings. The molecule has 3 heteroatoms. The van der Waals surface area contributed by atoms with Crippen molar-refractivity contribution in [3.8, 4) is 0 Å². The normalized spacial score (nSPS) is 17.3. The van der Waals surface area contributed by atoms with Crippen LogP contribution >= 0.6 is 28.3 Å². The second-order valence-electron chi connectivity index (χ2n) is 0.665. The van der Waals surface area contributed by atoms with Crippen LogP contribution in [0.4, 0.5) is 0 Å². The van der Waals surface area contributed by atoms with Crippen LogP contribution in [0.2, 0.25) is 0 Å². The predicted octanol–water partition coefficient (Wildman–Crippen LogP) is 2.00. The smallest absolute Gasteiger partial charge is 0.0444 e. The first kappa shape index (κ1) is 4.56. The van der Waals surface area contributed by atoms with Gasteiger partial charge in [-0.25, -0.2) is 4.99 Å². The van der Waals surface area contributed by atoms with Crippen LogP contribution in [0.1, 0.15) is 0 Å². The van der Waals surface area contributed by atoms with Gasteiger partial charge in [0.05, 0.1) is 0 Å². The summed E-state index contributed by atoms with van der Waals surface area (Å²) in [6, 6.07) is 0.